The predicted molar refractivity (Wildman–Crippen MR) is 59.3 cm³/mol. The third-order valence-electron chi connectivity index (χ3n) is 2.02. The first-order chi connectivity index (χ1) is 7.17. The van der Waals surface area contributed by atoms with E-state index in [0.29, 0.717) is 6.29 Å². The maximum Gasteiger partial charge on any atom is 0.162 e. The standard InChI is InChI=1S/C12H12N2O/c1-9-3-4-12(10(2)5-9)14-7-11(6-13)8-15/h3-5,7-8,14H,1-2H3/b11-7+. The van der Waals surface area contributed by atoms with Gasteiger partial charge in [0.15, 0.2) is 6.29 Å². The molecule has 0 atom stereocenters. The van der Waals surface area contributed by atoms with E-state index >= 15 is 0 Å². The van der Waals surface area contributed by atoms with E-state index < -0.39 is 0 Å². The molecule has 3 nitrogen and oxygen atoms in total. The van der Waals surface area contributed by atoms with Gasteiger partial charge in [-0.15, -0.1) is 0 Å². The molecular formula is C12H12N2O. The number of aryl methyl sites for hydroxylation is 2. The number of benzene rings is 1. The molecule has 0 bridgehead atoms. The quantitative estimate of drug-likeness (QED) is 0.463. The summed E-state index contributed by atoms with van der Waals surface area (Å²) >= 11 is 0. The van der Waals surface area contributed by atoms with E-state index in [0.717, 1.165) is 11.3 Å². The fourth-order valence-electron chi connectivity index (χ4n) is 1.22. The van der Waals surface area contributed by atoms with Crippen molar-refractivity contribution in [3.8, 4) is 6.07 Å². The molecule has 0 saturated carbocycles. The highest BCUT2D eigenvalue weighted by Crippen LogP contribution is 2.15. The molecule has 1 aromatic carbocycles. The number of allylic oxidation sites excluding steroid dienone is 1. The fraction of sp³-hybridized carbons (Fsp3) is 0.167. The van der Waals surface area contributed by atoms with Gasteiger partial charge in [0.1, 0.15) is 11.6 Å². The van der Waals surface area contributed by atoms with Crippen LogP contribution >= 0.6 is 0 Å². The van der Waals surface area contributed by atoms with E-state index in [1.165, 1.54) is 11.8 Å². The number of hydrogen-bond acceptors (Lipinski definition) is 3. The van der Waals surface area contributed by atoms with Gasteiger partial charge in [0.2, 0.25) is 0 Å². The number of carbonyl (C=O) groups excluding carboxylic acids is 1. The zero-order valence-electron chi connectivity index (χ0n) is 8.74. The average molecular weight is 200 g/mol. The van der Waals surface area contributed by atoms with Crippen molar-refractivity contribution in [2.24, 2.45) is 0 Å². The molecule has 3 heteroatoms. The van der Waals surface area contributed by atoms with Crippen LogP contribution in [-0.2, 0) is 4.79 Å². The van der Waals surface area contributed by atoms with Gasteiger partial charge < -0.3 is 5.32 Å². The molecule has 76 valence electrons. The Balaban J connectivity index is 2.87. The Bertz CT molecular complexity index is 441. The smallest absolute Gasteiger partial charge is 0.162 e. The van der Waals surface area contributed by atoms with Gasteiger partial charge in [-0.2, -0.15) is 5.26 Å². The van der Waals surface area contributed by atoms with Crippen LogP contribution in [0, 0.1) is 25.2 Å². The molecule has 1 N–H and O–H groups in total. The lowest BCUT2D eigenvalue weighted by Crippen LogP contribution is -1.94. The Morgan fingerprint density at radius 1 is 1.47 bits per heavy atom. The Morgan fingerprint density at radius 3 is 2.73 bits per heavy atom. The van der Waals surface area contributed by atoms with Crippen molar-refractivity contribution in [1.29, 1.82) is 5.26 Å². The second-order valence-corrected chi connectivity index (χ2v) is 3.29. The third-order valence-corrected chi connectivity index (χ3v) is 2.02. The molecule has 15 heavy (non-hydrogen) atoms. The molecule has 0 radical (unpaired) electrons. The largest absolute Gasteiger partial charge is 0.360 e. The van der Waals surface area contributed by atoms with E-state index in [2.05, 4.69) is 5.32 Å². The van der Waals surface area contributed by atoms with Crippen LogP contribution in [0.4, 0.5) is 5.69 Å². The molecular weight excluding hydrogens is 188 g/mol. The number of carbonyl (C=O) groups is 1. The molecule has 1 rings (SSSR count). The van der Waals surface area contributed by atoms with Crippen LogP contribution in [0.5, 0.6) is 0 Å². The molecule has 0 aliphatic carbocycles. The molecule has 0 saturated heterocycles. The monoisotopic (exact) mass is 200 g/mol. The zero-order chi connectivity index (χ0) is 11.3. The molecule has 0 aliphatic heterocycles. The van der Waals surface area contributed by atoms with E-state index in [4.69, 9.17) is 5.26 Å². The molecule has 0 fully saturated rings. The Hall–Kier alpha value is -2.08. The van der Waals surface area contributed by atoms with Gasteiger partial charge in [-0.25, -0.2) is 0 Å². The van der Waals surface area contributed by atoms with Gasteiger partial charge in [0.05, 0.1) is 0 Å². The Kier molecular flexibility index (Phi) is 3.64. The van der Waals surface area contributed by atoms with E-state index in [-0.39, 0.29) is 5.57 Å². The summed E-state index contributed by atoms with van der Waals surface area (Å²) in [5, 5.41) is 11.5. The highest BCUT2D eigenvalue weighted by molar-refractivity contribution is 5.79. The van der Waals surface area contributed by atoms with Gasteiger partial charge in [0.25, 0.3) is 0 Å². The minimum atomic E-state index is 0.0787. The summed E-state index contributed by atoms with van der Waals surface area (Å²) < 4.78 is 0. The number of nitrogens with zero attached hydrogens (tertiary/aromatic N) is 1. The summed E-state index contributed by atoms with van der Waals surface area (Å²) in [6.07, 6.45) is 1.93. The third kappa shape index (κ3) is 2.96. The minimum absolute atomic E-state index is 0.0787. The molecule has 0 heterocycles. The van der Waals surface area contributed by atoms with Crippen molar-refractivity contribution in [3.63, 3.8) is 0 Å². The number of anilines is 1. The second-order valence-electron chi connectivity index (χ2n) is 3.29. The predicted octanol–water partition coefficient (Wildman–Crippen LogP) is 2.32. The van der Waals surface area contributed by atoms with Gasteiger partial charge in [-0.05, 0) is 25.5 Å². The van der Waals surface area contributed by atoms with Crippen molar-refractivity contribution in [1.82, 2.24) is 0 Å². The van der Waals surface area contributed by atoms with Gasteiger partial charge in [-0.3, -0.25) is 4.79 Å². The van der Waals surface area contributed by atoms with Gasteiger partial charge in [0, 0.05) is 11.9 Å². The topological polar surface area (TPSA) is 52.9 Å². The van der Waals surface area contributed by atoms with Crippen molar-refractivity contribution in [2.75, 3.05) is 5.32 Å². The average Bonchev–Trinajstić information content (AvgIpc) is 2.22. The first kappa shape index (κ1) is 11.0. The number of aldehydes is 1. The van der Waals surface area contributed by atoms with Crippen LogP contribution in [0.25, 0.3) is 0 Å². The lowest BCUT2D eigenvalue weighted by molar-refractivity contribution is -0.104. The van der Waals surface area contributed by atoms with Gasteiger partial charge >= 0.3 is 0 Å². The van der Waals surface area contributed by atoms with Crippen molar-refractivity contribution < 1.29 is 4.79 Å². The molecule has 0 aliphatic rings. The summed E-state index contributed by atoms with van der Waals surface area (Å²) in [6.45, 7) is 3.98. The maximum atomic E-state index is 10.4. The summed E-state index contributed by atoms with van der Waals surface area (Å²) in [7, 11) is 0. The maximum absolute atomic E-state index is 10.4. The summed E-state index contributed by atoms with van der Waals surface area (Å²) in [5.41, 5.74) is 3.23. The van der Waals surface area contributed by atoms with Crippen molar-refractivity contribution in [3.05, 3.63) is 41.1 Å². The summed E-state index contributed by atoms with van der Waals surface area (Å²) in [5.74, 6) is 0. The van der Waals surface area contributed by atoms with Crippen LogP contribution < -0.4 is 5.32 Å². The summed E-state index contributed by atoms with van der Waals surface area (Å²) in [4.78, 5) is 10.4. The van der Waals surface area contributed by atoms with Crippen LogP contribution in [0.3, 0.4) is 0 Å². The Labute approximate surface area is 89.0 Å². The van der Waals surface area contributed by atoms with Crippen molar-refractivity contribution >= 4 is 12.0 Å². The molecule has 0 spiro atoms. The number of nitrogens with one attached hydrogen (secondary N) is 1. The summed E-state index contributed by atoms with van der Waals surface area (Å²) in [6, 6.07) is 7.70. The van der Waals surface area contributed by atoms with Crippen LogP contribution in [0.1, 0.15) is 11.1 Å². The minimum Gasteiger partial charge on any atom is -0.360 e. The highest BCUT2D eigenvalue weighted by Gasteiger charge is 1.96. The van der Waals surface area contributed by atoms with Gasteiger partial charge in [-0.1, -0.05) is 17.7 Å². The SMILES string of the molecule is Cc1ccc(N/C=C(\C#N)C=O)c(C)c1. The second kappa shape index (κ2) is 4.97. The molecule has 0 unspecified atom stereocenters. The number of hydrogen-bond donors (Lipinski definition) is 1. The van der Waals surface area contributed by atoms with Crippen molar-refractivity contribution in [2.45, 2.75) is 13.8 Å². The first-order valence-electron chi connectivity index (χ1n) is 4.56. The lowest BCUT2D eigenvalue weighted by atomic mass is 10.1. The number of nitriles is 1. The Morgan fingerprint density at radius 2 is 2.20 bits per heavy atom. The molecule has 0 amide bonds. The van der Waals surface area contributed by atoms with Crippen LogP contribution in [-0.4, -0.2) is 6.29 Å². The number of rotatable bonds is 3. The normalized spacial score (nSPS) is 10.6. The first-order valence-corrected chi connectivity index (χ1v) is 4.56. The lowest BCUT2D eigenvalue weighted by Gasteiger charge is -2.05. The highest BCUT2D eigenvalue weighted by atomic mass is 16.1. The zero-order valence-corrected chi connectivity index (χ0v) is 8.74. The molecule has 1 aromatic rings. The molecule has 0 aromatic heterocycles. The van der Waals surface area contributed by atoms with E-state index in [1.54, 1.807) is 6.07 Å². The van der Waals surface area contributed by atoms with Crippen LogP contribution in [0.15, 0.2) is 30.0 Å². The van der Waals surface area contributed by atoms with E-state index in [1.807, 2.05) is 32.0 Å². The van der Waals surface area contributed by atoms with E-state index in [9.17, 15) is 4.79 Å². The fourth-order valence-corrected chi connectivity index (χ4v) is 1.22. The van der Waals surface area contributed by atoms with Crippen LogP contribution in [0.2, 0.25) is 0 Å².